The van der Waals surface area contributed by atoms with Gasteiger partial charge in [-0.15, -0.1) is 0 Å². The molecule has 1 fully saturated rings. The van der Waals surface area contributed by atoms with Crippen molar-refractivity contribution in [3.8, 4) is 11.5 Å². The van der Waals surface area contributed by atoms with Crippen molar-refractivity contribution in [2.24, 2.45) is 5.92 Å². The first kappa shape index (κ1) is 15.4. The topological polar surface area (TPSA) is 47.6 Å². The Morgan fingerprint density at radius 1 is 0.826 bits per heavy atom. The largest absolute Gasteiger partial charge is 0.497 e. The van der Waals surface area contributed by atoms with Gasteiger partial charge in [-0.25, -0.2) is 0 Å². The maximum atomic E-state index is 12.2. The summed E-state index contributed by atoms with van der Waals surface area (Å²) in [7, 11) is 5.00. The molecule has 0 radical (unpaired) electrons. The van der Waals surface area contributed by atoms with E-state index >= 15 is 0 Å². The third-order valence-electron chi connectivity index (χ3n) is 4.57. The lowest BCUT2D eigenvalue weighted by atomic mass is 10.0. The first-order chi connectivity index (χ1) is 11.2. The zero-order chi connectivity index (χ0) is 16.4. The minimum absolute atomic E-state index is 0.0261. The van der Waals surface area contributed by atoms with Crippen LogP contribution in [0, 0.1) is 5.92 Å². The molecule has 1 aliphatic rings. The smallest absolute Gasteiger partial charge is 0.224 e. The van der Waals surface area contributed by atoms with E-state index in [0.717, 1.165) is 11.5 Å². The number of amides is 1. The van der Waals surface area contributed by atoms with Crippen LogP contribution < -0.4 is 14.8 Å². The molecular weight excluding hydrogens is 290 g/mol. The van der Waals surface area contributed by atoms with E-state index < -0.39 is 0 Å². The predicted molar refractivity (Wildman–Crippen MR) is 89.0 cm³/mol. The first-order valence-electron chi connectivity index (χ1n) is 7.69. The van der Waals surface area contributed by atoms with Crippen LogP contribution >= 0.6 is 0 Å². The second-order valence-corrected chi connectivity index (χ2v) is 5.74. The van der Waals surface area contributed by atoms with E-state index in [4.69, 9.17) is 9.47 Å². The highest BCUT2D eigenvalue weighted by atomic mass is 16.5. The van der Waals surface area contributed by atoms with Gasteiger partial charge in [-0.3, -0.25) is 4.79 Å². The SMILES string of the molecule is CNC(=O)C1C(c2ccc(OC)cc2)C1c1ccc(OC)cc1. The average molecular weight is 311 g/mol. The molecule has 23 heavy (non-hydrogen) atoms. The van der Waals surface area contributed by atoms with Gasteiger partial charge in [-0.05, 0) is 35.4 Å². The molecule has 4 heteroatoms. The first-order valence-corrected chi connectivity index (χ1v) is 7.69. The van der Waals surface area contributed by atoms with Crippen LogP contribution in [0.25, 0.3) is 0 Å². The van der Waals surface area contributed by atoms with Crippen LogP contribution in [-0.4, -0.2) is 27.2 Å². The number of rotatable bonds is 5. The van der Waals surface area contributed by atoms with Gasteiger partial charge in [0.1, 0.15) is 11.5 Å². The molecule has 2 atom stereocenters. The van der Waals surface area contributed by atoms with E-state index in [1.807, 2.05) is 48.5 Å². The van der Waals surface area contributed by atoms with Gasteiger partial charge in [-0.1, -0.05) is 24.3 Å². The fourth-order valence-corrected chi connectivity index (χ4v) is 3.29. The lowest BCUT2D eigenvalue weighted by molar-refractivity contribution is -0.122. The summed E-state index contributed by atoms with van der Waals surface area (Å²) in [4.78, 5) is 12.2. The van der Waals surface area contributed by atoms with Gasteiger partial charge < -0.3 is 14.8 Å². The zero-order valence-corrected chi connectivity index (χ0v) is 13.6. The monoisotopic (exact) mass is 311 g/mol. The van der Waals surface area contributed by atoms with Gasteiger partial charge in [0.05, 0.1) is 20.1 Å². The molecule has 120 valence electrons. The summed E-state index contributed by atoms with van der Waals surface area (Å²) in [5, 5.41) is 2.78. The lowest BCUT2D eigenvalue weighted by Crippen LogP contribution is -2.20. The molecule has 0 aromatic heterocycles. The summed E-state index contributed by atoms with van der Waals surface area (Å²) >= 11 is 0. The van der Waals surface area contributed by atoms with Gasteiger partial charge in [0, 0.05) is 18.9 Å². The Kier molecular flexibility index (Phi) is 4.24. The molecule has 4 nitrogen and oxygen atoms in total. The second-order valence-electron chi connectivity index (χ2n) is 5.74. The number of methoxy groups -OCH3 is 2. The molecule has 1 saturated carbocycles. The van der Waals surface area contributed by atoms with E-state index in [2.05, 4.69) is 5.32 Å². The molecule has 0 aliphatic heterocycles. The molecule has 1 aliphatic carbocycles. The van der Waals surface area contributed by atoms with E-state index in [9.17, 15) is 4.79 Å². The summed E-state index contributed by atoms with van der Waals surface area (Å²) in [6.07, 6.45) is 0. The molecular formula is C19H21NO3. The van der Waals surface area contributed by atoms with Gasteiger partial charge in [0.15, 0.2) is 0 Å². The van der Waals surface area contributed by atoms with Crippen LogP contribution in [0.2, 0.25) is 0 Å². The molecule has 2 aromatic rings. The maximum absolute atomic E-state index is 12.2. The lowest BCUT2D eigenvalue weighted by Gasteiger charge is -2.04. The van der Waals surface area contributed by atoms with Gasteiger partial charge >= 0.3 is 0 Å². The zero-order valence-electron chi connectivity index (χ0n) is 13.6. The van der Waals surface area contributed by atoms with Crippen molar-refractivity contribution in [3.05, 3.63) is 59.7 Å². The van der Waals surface area contributed by atoms with Crippen molar-refractivity contribution in [2.75, 3.05) is 21.3 Å². The van der Waals surface area contributed by atoms with Crippen molar-refractivity contribution < 1.29 is 14.3 Å². The summed E-state index contributed by atoms with van der Waals surface area (Å²) < 4.78 is 10.4. The van der Waals surface area contributed by atoms with E-state index in [1.165, 1.54) is 11.1 Å². The Morgan fingerprint density at radius 3 is 1.52 bits per heavy atom. The quantitative estimate of drug-likeness (QED) is 0.923. The van der Waals surface area contributed by atoms with Gasteiger partial charge in [-0.2, -0.15) is 0 Å². The average Bonchev–Trinajstić information content (AvgIpc) is 3.36. The van der Waals surface area contributed by atoms with Crippen LogP contribution in [0.3, 0.4) is 0 Å². The van der Waals surface area contributed by atoms with Crippen LogP contribution in [-0.2, 0) is 4.79 Å². The minimum Gasteiger partial charge on any atom is -0.497 e. The van der Waals surface area contributed by atoms with Crippen molar-refractivity contribution in [2.45, 2.75) is 11.8 Å². The Hall–Kier alpha value is -2.49. The number of benzene rings is 2. The molecule has 2 aromatic carbocycles. The van der Waals surface area contributed by atoms with Crippen LogP contribution in [0.15, 0.2) is 48.5 Å². The Labute approximate surface area is 136 Å². The number of carbonyl (C=O) groups is 1. The highest BCUT2D eigenvalue weighted by molar-refractivity contribution is 5.85. The number of hydrogen-bond acceptors (Lipinski definition) is 3. The summed E-state index contributed by atoms with van der Waals surface area (Å²) in [5.74, 6) is 2.12. The summed E-state index contributed by atoms with van der Waals surface area (Å²) in [6, 6.07) is 16.0. The number of hydrogen-bond donors (Lipinski definition) is 1. The normalized spacial score (nSPS) is 22.3. The molecule has 1 N–H and O–H groups in total. The van der Waals surface area contributed by atoms with Crippen molar-refractivity contribution in [1.29, 1.82) is 0 Å². The van der Waals surface area contributed by atoms with Crippen molar-refractivity contribution in [3.63, 3.8) is 0 Å². The molecule has 0 saturated heterocycles. The van der Waals surface area contributed by atoms with Gasteiger partial charge in [0.25, 0.3) is 0 Å². The Morgan fingerprint density at radius 2 is 1.22 bits per heavy atom. The fourth-order valence-electron chi connectivity index (χ4n) is 3.29. The van der Waals surface area contributed by atoms with E-state index in [0.29, 0.717) is 0 Å². The third-order valence-corrected chi connectivity index (χ3v) is 4.57. The number of carbonyl (C=O) groups excluding carboxylic acids is 1. The predicted octanol–water partition coefficient (Wildman–Crippen LogP) is 2.95. The number of nitrogens with one attached hydrogen (secondary N) is 1. The van der Waals surface area contributed by atoms with Crippen molar-refractivity contribution in [1.82, 2.24) is 5.32 Å². The van der Waals surface area contributed by atoms with Crippen LogP contribution in [0.1, 0.15) is 23.0 Å². The molecule has 3 rings (SSSR count). The molecule has 1 amide bonds. The van der Waals surface area contributed by atoms with Crippen LogP contribution in [0.4, 0.5) is 0 Å². The highest BCUT2D eigenvalue weighted by Crippen LogP contribution is 2.60. The molecule has 2 unspecified atom stereocenters. The van der Waals surface area contributed by atoms with Crippen LogP contribution in [0.5, 0.6) is 11.5 Å². The second kappa shape index (κ2) is 6.32. The van der Waals surface area contributed by atoms with Gasteiger partial charge in [0.2, 0.25) is 5.91 Å². The summed E-state index contributed by atoms with van der Waals surface area (Å²) in [6.45, 7) is 0. The highest BCUT2D eigenvalue weighted by Gasteiger charge is 2.55. The standard InChI is InChI=1S/C19H21NO3/c1-20-19(21)18-16(12-4-8-14(22-2)9-5-12)17(18)13-6-10-15(23-3)11-7-13/h4-11,16-18H,1-3H3,(H,20,21). The molecule has 0 spiro atoms. The minimum atomic E-state index is -0.0261. The summed E-state index contributed by atoms with van der Waals surface area (Å²) in [5.41, 5.74) is 2.33. The Balaban J connectivity index is 1.88. The van der Waals surface area contributed by atoms with Crippen molar-refractivity contribution >= 4 is 5.91 Å². The Bertz CT molecular complexity index is 625. The fraction of sp³-hybridized carbons (Fsp3) is 0.316. The maximum Gasteiger partial charge on any atom is 0.224 e. The molecule has 0 heterocycles. The van der Waals surface area contributed by atoms with E-state index in [-0.39, 0.29) is 23.7 Å². The molecule has 0 bridgehead atoms. The number of ether oxygens (including phenoxy) is 2. The van der Waals surface area contributed by atoms with E-state index in [1.54, 1.807) is 21.3 Å². The third kappa shape index (κ3) is 2.89.